The van der Waals surface area contributed by atoms with E-state index in [-0.39, 0.29) is 5.92 Å². The molecule has 0 amide bonds. The zero-order valence-corrected chi connectivity index (χ0v) is 10.2. The monoisotopic (exact) mass is 213 g/mol. The number of hydrogen-bond donors (Lipinski definition) is 0. The number of ketones is 1. The molecule has 3 heteroatoms. The number of carbonyl (C=O) groups excluding carboxylic acids is 1. The molecule has 2 atom stereocenters. The van der Waals surface area contributed by atoms with E-state index in [1.165, 1.54) is 0 Å². The lowest BCUT2D eigenvalue weighted by Crippen LogP contribution is -2.35. The molecule has 1 aliphatic carbocycles. The smallest absolute Gasteiger partial charge is 0.137 e. The van der Waals surface area contributed by atoms with Gasteiger partial charge < -0.3 is 9.64 Å². The number of nitrogens with zero attached hydrogens (tertiary/aromatic N) is 1. The van der Waals surface area contributed by atoms with Crippen LogP contribution in [0.5, 0.6) is 0 Å². The fourth-order valence-corrected chi connectivity index (χ4v) is 2.22. The molecule has 0 aromatic carbocycles. The molecule has 1 fully saturated rings. The maximum Gasteiger partial charge on any atom is 0.137 e. The molecular formula is C12H23NO2. The van der Waals surface area contributed by atoms with E-state index in [0.29, 0.717) is 11.7 Å². The quantitative estimate of drug-likeness (QED) is 0.694. The van der Waals surface area contributed by atoms with Crippen LogP contribution < -0.4 is 0 Å². The predicted molar refractivity (Wildman–Crippen MR) is 60.9 cm³/mol. The molecule has 0 radical (unpaired) electrons. The van der Waals surface area contributed by atoms with Crippen LogP contribution in [0.15, 0.2) is 0 Å². The zero-order valence-electron chi connectivity index (χ0n) is 10.2. The molecule has 2 unspecified atom stereocenters. The van der Waals surface area contributed by atoms with Gasteiger partial charge in [-0.2, -0.15) is 0 Å². The SMILES string of the molecule is COCCN(C)CC1CC(C)CCC1=O. The van der Waals surface area contributed by atoms with E-state index in [1.54, 1.807) is 7.11 Å². The summed E-state index contributed by atoms with van der Waals surface area (Å²) in [4.78, 5) is 13.9. The average Bonchev–Trinajstić information content (AvgIpc) is 2.20. The van der Waals surface area contributed by atoms with Crippen molar-refractivity contribution in [3.63, 3.8) is 0 Å². The summed E-state index contributed by atoms with van der Waals surface area (Å²) in [5, 5.41) is 0. The van der Waals surface area contributed by atoms with Gasteiger partial charge in [0.25, 0.3) is 0 Å². The molecule has 3 nitrogen and oxygen atoms in total. The third kappa shape index (κ3) is 4.31. The van der Waals surface area contributed by atoms with Crippen LogP contribution in [-0.2, 0) is 9.53 Å². The van der Waals surface area contributed by atoms with Crippen molar-refractivity contribution in [2.75, 3.05) is 33.9 Å². The Hall–Kier alpha value is -0.410. The van der Waals surface area contributed by atoms with Gasteiger partial charge in [0, 0.05) is 32.5 Å². The normalized spacial score (nSPS) is 27.3. The maximum absolute atomic E-state index is 11.7. The minimum absolute atomic E-state index is 0.260. The maximum atomic E-state index is 11.7. The molecule has 0 aliphatic heterocycles. The molecule has 0 spiro atoms. The van der Waals surface area contributed by atoms with Crippen molar-refractivity contribution < 1.29 is 9.53 Å². The van der Waals surface area contributed by atoms with E-state index < -0.39 is 0 Å². The third-order valence-corrected chi connectivity index (χ3v) is 3.23. The van der Waals surface area contributed by atoms with E-state index >= 15 is 0 Å². The van der Waals surface area contributed by atoms with Crippen molar-refractivity contribution in [1.82, 2.24) is 4.90 Å². The van der Waals surface area contributed by atoms with Crippen molar-refractivity contribution in [3.05, 3.63) is 0 Å². The molecule has 0 N–H and O–H groups in total. The van der Waals surface area contributed by atoms with Crippen LogP contribution in [0, 0.1) is 11.8 Å². The van der Waals surface area contributed by atoms with E-state index in [2.05, 4.69) is 18.9 Å². The Labute approximate surface area is 92.8 Å². The Kier molecular flexibility index (Phi) is 5.26. The minimum Gasteiger partial charge on any atom is -0.383 e. The van der Waals surface area contributed by atoms with Crippen LogP contribution in [0.25, 0.3) is 0 Å². The number of ether oxygens (including phenoxy) is 1. The first-order valence-corrected chi connectivity index (χ1v) is 5.83. The number of carbonyl (C=O) groups is 1. The Morgan fingerprint density at radius 2 is 2.27 bits per heavy atom. The summed E-state index contributed by atoms with van der Waals surface area (Å²) in [6.45, 7) is 4.79. The lowest BCUT2D eigenvalue weighted by atomic mass is 9.81. The van der Waals surface area contributed by atoms with Crippen LogP contribution in [0.2, 0.25) is 0 Å². The fraction of sp³-hybridized carbons (Fsp3) is 0.917. The molecule has 88 valence electrons. The second-order valence-electron chi connectivity index (χ2n) is 4.80. The van der Waals surface area contributed by atoms with Gasteiger partial charge in [0.1, 0.15) is 5.78 Å². The van der Waals surface area contributed by atoms with Crippen molar-refractivity contribution in [1.29, 1.82) is 0 Å². The molecule has 1 aliphatic rings. The summed E-state index contributed by atoms with van der Waals surface area (Å²) >= 11 is 0. The molecule has 0 heterocycles. The summed E-state index contributed by atoms with van der Waals surface area (Å²) in [5.74, 6) is 1.43. The molecule has 15 heavy (non-hydrogen) atoms. The van der Waals surface area contributed by atoms with Gasteiger partial charge in [0.05, 0.1) is 6.61 Å². The highest BCUT2D eigenvalue weighted by atomic mass is 16.5. The summed E-state index contributed by atoms with van der Waals surface area (Å²) in [5.41, 5.74) is 0. The molecule has 0 aromatic rings. The van der Waals surface area contributed by atoms with Crippen LogP contribution in [-0.4, -0.2) is 44.5 Å². The van der Waals surface area contributed by atoms with Crippen molar-refractivity contribution in [2.45, 2.75) is 26.2 Å². The van der Waals surface area contributed by atoms with Gasteiger partial charge in [-0.1, -0.05) is 6.92 Å². The van der Waals surface area contributed by atoms with Gasteiger partial charge >= 0.3 is 0 Å². The lowest BCUT2D eigenvalue weighted by molar-refractivity contribution is -0.126. The first-order valence-electron chi connectivity index (χ1n) is 5.83. The molecule has 0 aromatic heterocycles. The van der Waals surface area contributed by atoms with E-state index in [4.69, 9.17) is 4.74 Å². The summed E-state index contributed by atoms with van der Waals surface area (Å²) < 4.78 is 5.02. The number of methoxy groups -OCH3 is 1. The third-order valence-electron chi connectivity index (χ3n) is 3.23. The topological polar surface area (TPSA) is 29.5 Å². The number of likely N-dealkylation sites (N-methyl/N-ethyl adjacent to an activating group) is 1. The van der Waals surface area contributed by atoms with Gasteiger partial charge in [-0.05, 0) is 25.8 Å². The van der Waals surface area contributed by atoms with Gasteiger partial charge in [0.2, 0.25) is 0 Å². The van der Waals surface area contributed by atoms with Crippen molar-refractivity contribution in [2.24, 2.45) is 11.8 Å². The van der Waals surface area contributed by atoms with E-state index in [9.17, 15) is 4.79 Å². The molecule has 1 saturated carbocycles. The van der Waals surface area contributed by atoms with Gasteiger partial charge in [-0.15, -0.1) is 0 Å². The van der Waals surface area contributed by atoms with Crippen molar-refractivity contribution in [3.8, 4) is 0 Å². The first kappa shape index (κ1) is 12.7. The van der Waals surface area contributed by atoms with Crippen molar-refractivity contribution >= 4 is 5.78 Å². The fourth-order valence-electron chi connectivity index (χ4n) is 2.22. The summed E-state index contributed by atoms with van der Waals surface area (Å²) in [6, 6.07) is 0. The van der Waals surface area contributed by atoms with Crippen LogP contribution in [0.1, 0.15) is 26.2 Å². The van der Waals surface area contributed by atoms with Crippen LogP contribution >= 0.6 is 0 Å². The van der Waals surface area contributed by atoms with Crippen LogP contribution in [0.3, 0.4) is 0 Å². The highest BCUT2D eigenvalue weighted by Crippen LogP contribution is 2.26. The first-order chi connectivity index (χ1) is 7.13. The Bertz CT molecular complexity index is 206. The number of Topliss-reactive ketones (excluding diaryl/α,β-unsaturated/α-hetero) is 1. The Morgan fingerprint density at radius 3 is 2.93 bits per heavy atom. The van der Waals surface area contributed by atoms with Gasteiger partial charge in [-0.3, -0.25) is 4.79 Å². The zero-order chi connectivity index (χ0) is 11.3. The minimum atomic E-state index is 0.260. The highest BCUT2D eigenvalue weighted by Gasteiger charge is 2.26. The number of rotatable bonds is 5. The lowest BCUT2D eigenvalue weighted by Gasteiger charge is -2.29. The standard InChI is InChI=1S/C12H23NO2/c1-10-4-5-12(14)11(8-10)9-13(2)6-7-15-3/h10-11H,4-9H2,1-3H3. The highest BCUT2D eigenvalue weighted by molar-refractivity contribution is 5.81. The average molecular weight is 213 g/mol. The molecule has 1 rings (SSSR count). The van der Waals surface area contributed by atoms with Gasteiger partial charge in [0.15, 0.2) is 0 Å². The number of hydrogen-bond acceptors (Lipinski definition) is 3. The Balaban J connectivity index is 2.31. The largest absolute Gasteiger partial charge is 0.383 e. The van der Waals surface area contributed by atoms with Gasteiger partial charge in [-0.25, -0.2) is 0 Å². The molecule has 0 saturated heterocycles. The van der Waals surface area contributed by atoms with Crippen LogP contribution in [0.4, 0.5) is 0 Å². The summed E-state index contributed by atoms with van der Waals surface area (Å²) in [7, 11) is 3.77. The van der Waals surface area contributed by atoms with E-state index in [1.807, 2.05) is 0 Å². The molecular weight excluding hydrogens is 190 g/mol. The molecule has 0 bridgehead atoms. The predicted octanol–water partition coefficient (Wildman–Crippen LogP) is 1.57. The summed E-state index contributed by atoms with van der Waals surface area (Å²) in [6.07, 6.45) is 2.93. The second-order valence-corrected chi connectivity index (χ2v) is 4.80. The Morgan fingerprint density at radius 1 is 1.53 bits per heavy atom. The van der Waals surface area contributed by atoms with E-state index in [0.717, 1.165) is 39.0 Å². The second kappa shape index (κ2) is 6.23.